The van der Waals surface area contributed by atoms with E-state index in [9.17, 15) is 13.2 Å². The number of aromatic nitrogens is 1. The van der Waals surface area contributed by atoms with Crippen molar-refractivity contribution in [2.45, 2.75) is 25.3 Å². The number of anilines is 1. The van der Waals surface area contributed by atoms with E-state index in [1.807, 2.05) is 44.2 Å². The summed E-state index contributed by atoms with van der Waals surface area (Å²) in [5, 5.41) is 2.80. The highest BCUT2D eigenvalue weighted by Crippen LogP contribution is 2.23. The first-order chi connectivity index (χ1) is 13.4. The van der Waals surface area contributed by atoms with Crippen LogP contribution in [0.4, 0.5) is 5.69 Å². The van der Waals surface area contributed by atoms with Crippen molar-refractivity contribution in [1.29, 1.82) is 0 Å². The van der Waals surface area contributed by atoms with Gasteiger partial charge in [-0.2, -0.15) is 0 Å². The molecule has 1 aromatic heterocycles. The molecule has 6 nitrogen and oxygen atoms in total. The highest BCUT2D eigenvalue weighted by atomic mass is 32.2. The van der Waals surface area contributed by atoms with Gasteiger partial charge in [0.05, 0.1) is 10.6 Å². The maximum absolute atomic E-state index is 12.7. The van der Waals surface area contributed by atoms with Crippen LogP contribution < -0.4 is 10.0 Å². The predicted octanol–water partition coefficient (Wildman–Crippen LogP) is 3.43. The largest absolute Gasteiger partial charge is 0.348 e. The van der Waals surface area contributed by atoms with Crippen LogP contribution in [0.25, 0.3) is 0 Å². The molecule has 0 radical (unpaired) electrons. The summed E-state index contributed by atoms with van der Waals surface area (Å²) in [5.74, 6) is -0.275. The monoisotopic (exact) mass is 395 g/mol. The Morgan fingerprint density at radius 1 is 0.929 bits per heavy atom. The van der Waals surface area contributed by atoms with Crippen LogP contribution in [0.2, 0.25) is 0 Å². The summed E-state index contributed by atoms with van der Waals surface area (Å²) in [4.78, 5) is 16.3. The van der Waals surface area contributed by atoms with Gasteiger partial charge in [-0.05, 0) is 66.9 Å². The van der Waals surface area contributed by atoms with Crippen molar-refractivity contribution in [3.05, 3.63) is 89.2 Å². The van der Waals surface area contributed by atoms with Crippen molar-refractivity contribution >= 4 is 21.6 Å². The van der Waals surface area contributed by atoms with Crippen LogP contribution in [-0.2, 0) is 16.6 Å². The summed E-state index contributed by atoms with van der Waals surface area (Å²) in [6.07, 6.45) is 3.31. The molecule has 0 unspecified atom stereocenters. The van der Waals surface area contributed by atoms with E-state index in [0.29, 0.717) is 17.8 Å². The average molecular weight is 395 g/mol. The van der Waals surface area contributed by atoms with Crippen LogP contribution in [0.5, 0.6) is 0 Å². The molecule has 144 valence electrons. The zero-order valence-electron chi connectivity index (χ0n) is 15.6. The number of pyridine rings is 1. The summed E-state index contributed by atoms with van der Waals surface area (Å²) in [6.45, 7) is 4.07. The van der Waals surface area contributed by atoms with E-state index in [1.165, 1.54) is 24.3 Å². The number of rotatable bonds is 6. The van der Waals surface area contributed by atoms with Gasteiger partial charge in [-0.1, -0.05) is 18.2 Å². The number of amides is 1. The zero-order valence-corrected chi connectivity index (χ0v) is 16.5. The second-order valence-electron chi connectivity index (χ2n) is 6.43. The van der Waals surface area contributed by atoms with Crippen LogP contribution in [0, 0.1) is 13.8 Å². The van der Waals surface area contributed by atoms with Gasteiger partial charge in [0.25, 0.3) is 15.9 Å². The van der Waals surface area contributed by atoms with Crippen LogP contribution in [0.3, 0.4) is 0 Å². The first kappa shape index (κ1) is 19.6. The molecule has 1 amide bonds. The predicted molar refractivity (Wildman–Crippen MR) is 109 cm³/mol. The topological polar surface area (TPSA) is 88.2 Å². The molecule has 0 aliphatic rings. The molecular weight excluding hydrogens is 374 g/mol. The minimum absolute atomic E-state index is 0.0980. The number of sulfonamides is 1. The SMILES string of the molecule is Cc1cccc(C)c1NS(=O)(=O)c1ccc(C(=O)NCc2ccncc2)cc1. The van der Waals surface area contributed by atoms with Gasteiger partial charge < -0.3 is 5.32 Å². The Balaban J connectivity index is 1.71. The van der Waals surface area contributed by atoms with E-state index in [0.717, 1.165) is 16.7 Å². The van der Waals surface area contributed by atoms with Gasteiger partial charge >= 0.3 is 0 Å². The Labute approximate surface area is 164 Å². The molecule has 1 heterocycles. The van der Waals surface area contributed by atoms with Crippen LogP contribution in [0.15, 0.2) is 71.9 Å². The van der Waals surface area contributed by atoms with Crippen molar-refractivity contribution in [3.63, 3.8) is 0 Å². The molecule has 0 fully saturated rings. The number of carbonyl (C=O) groups excluding carboxylic acids is 1. The van der Waals surface area contributed by atoms with Gasteiger partial charge in [-0.25, -0.2) is 8.42 Å². The Kier molecular flexibility index (Phi) is 5.75. The highest BCUT2D eigenvalue weighted by molar-refractivity contribution is 7.92. The third kappa shape index (κ3) is 4.55. The normalized spacial score (nSPS) is 11.1. The number of carbonyl (C=O) groups is 1. The second kappa shape index (κ2) is 8.22. The molecule has 3 rings (SSSR count). The van der Waals surface area contributed by atoms with E-state index < -0.39 is 10.0 Å². The maximum atomic E-state index is 12.7. The fourth-order valence-electron chi connectivity index (χ4n) is 2.74. The van der Waals surface area contributed by atoms with Crippen molar-refractivity contribution in [1.82, 2.24) is 10.3 Å². The molecule has 0 spiro atoms. The molecule has 0 saturated carbocycles. The first-order valence-electron chi connectivity index (χ1n) is 8.73. The number of hydrogen-bond acceptors (Lipinski definition) is 4. The zero-order chi connectivity index (χ0) is 20.1. The summed E-state index contributed by atoms with van der Waals surface area (Å²) in [6, 6.07) is 15.1. The van der Waals surface area contributed by atoms with Crippen molar-refractivity contribution in [3.8, 4) is 0 Å². The molecule has 2 N–H and O–H groups in total. The molecule has 0 bridgehead atoms. The lowest BCUT2D eigenvalue weighted by Crippen LogP contribution is -2.23. The minimum Gasteiger partial charge on any atom is -0.348 e. The maximum Gasteiger partial charge on any atom is 0.261 e. The number of benzene rings is 2. The molecule has 7 heteroatoms. The van der Waals surface area contributed by atoms with E-state index in [-0.39, 0.29) is 10.8 Å². The average Bonchev–Trinajstić information content (AvgIpc) is 2.70. The fourth-order valence-corrected chi connectivity index (χ4v) is 3.94. The molecule has 28 heavy (non-hydrogen) atoms. The fraction of sp³-hybridized carbons (Fsp3) is 0.143. The van der Waals surface area contributed by atoms with E-state index in [2.05, 4.69) is 15.0 Å². The van der Waals surface area contributed by atoms with Gasteiger partial charge in [-0.3, -0.25) is 14.5 Å². The van der Waals surface area contributed by atoms with E-state index in [4.69, 9.17) is 0 Å². The number of hydrogen-bond donors (Lipinski definition) is 2. The van der Waals surface area contributed by atoms with Crippen molar-refractivity contribution in [2.75, 3.05) is 4.72 Å². The Morgan fingerprint density at radius 3 is 2.14 bits per heavy atom. The van der Waals surface area contributed by atoms with Crippen LogP contribution >= 0.6 is 0 Å². The third-order valence-electron chi connectivity index (χ3n) is 4.35. The van der Waals surface area contributed by atoms with Crippen LogP contribution in [-0.4, -0.2) is 19.3 Å². The summed E-state index contributed by atoms with van der Waals surface area (Å²) < 4.78 is 28.0. The van der Waals surface area contributed by atoms with Gasteiger partial charge in [0.1, 0.15) is 0 Å². The highest BCUT2D eigenvalue weighted by Gasteiger charge is 2.17. The standard InChI is InChI=1S/C21H21N3O3S/c1-15-4-3-5-16(2)20(15)24-28(26,27)19-8-6-18(7-9-19)21(25)23-14-17-10-12-22-13-11-17/h3-13,24H,14H2,1-2H3,(H,23,25). The quantitative estimate of drug-likeness (QED) is 0.669. The summed E-state index contributed by atoms with van der Waals surface area (Å²) in [7, 11) is -3.74. The van der Waals surface area contributed by atoms with Gasteiger partial charge in [0.15, 0.2) is 0 Å². The number of nitrogens with zero attached hydrogens (tertiary/aromatic N) is 1. The van der Waals surface area contributed by atoms with E-state index in [1.54, 1.807) is 12.4 Å². The van der Waals surface area contributed by atoms with Gasteiger partial charge in [0, 0.05) is 24.5 Å². The van der Waals surface area contributed by atoms with Crippen molar-refractivity contribution in [2.24, 2.45) is 0 Å². The number of aryl methyl sites for hydroxylation is 2. The Bertz CT molecular complexity index is 1060. The Hall–Kier alpha value is -3.19. The molecule has 2 aromatic carbocycles. The molecular formula is C21H21N3O3S. The lowest BCUT2D eigenvalue weighted by Gasteiger charge is -2.13. The first-order valence-corrected chi connectivity index (χ1v) is 10.2. The van der Waals surface area contributed by atoms with E-state index >= 15 is 0 Å². The lowest BCUT2D eigenvalue weighted by atomic mass is 10.1. The molecule has 3 aromatic rings. The molecule has 0 saturated heterocycles. The molecule has 0 aliphatic carbocycles. The minimum atomic E-state index is -3.74. The molecule has 0 aliphatic heterocycles. The number of nitrogens with one attached hydrogen (secondary N) is 2. The summed E-state index contributed by atoms with van der Waals surface area (Å²) >= 11 is 0. The lowest BCUT2D eigenvalue weighted by molar-refractivity contribution is 0.0951. The Morgan fingerprint density at radius 2 is 1.54 bits per heavy atom. The third-order valence-corrected chi connectivity index (χ3v) is 5.71. The number of para-hydroxylation sites is 1. The van der Waals surface area contributed by atoms with Crippen molar-refractivity contribution < 1.29 is 13.2 Å². The summed E-state index contributed by atoms with van der Waals surface area (Å²) in [5.41, 5.74) is 3.58. The van der Waals surface area contributed by atoms with Gasteiger partial charge in [0.2, 0.25) is 0 Å². The smallest absolute Gasteiger partial charge is 0.261 e. The van der Waals surface area contributed by atoms with Crippen LogP contribution in [0.1, 0.15) is 27.0 Å². The molecule has 0 atom stereocenters. The second-order valence-corrected chi connectivity index (χ2v) is 8.12. The van der Waals surface area contributed by atoms with Gasteiger partial charge in [-0.15, -0.1) is 0 Å².